The quantitative estimate of drug-likeness (QED) is 0.695. The maximum Gasteiger partial charge on any atom is 0.325 e. The first-order valence-electron chi connectivity index (χ1n) is 8.74. The molecule has 8 heteroatoms. The van der Waals surface area contributed by atoms with Gasteiger partial charge in [0, 0.05) is 23.8 Å². The highest BCUT2D eigenvalue weighted by Crippen LogP contribution is 2.24. The third-order valence-corrected chi connectivity index (χ3v) is 4.90. The van der Waals surface area contributed by atoms with Crippen LogP contribution in [-0.2, 0) is 12.8 Å². The molecular weight excluding hydrogens is 383 g/mol. The van der Waals surface area contributed by atoms with Gasteiger partial charge in [-0.05, 0) is 60.7 Å². The fraction of sp³-hybridized carbons (Fsp3) is 0.150. The van der Waals surface area contributed by atoms with Gasteiger partial charge in [-0.2, -0.15) is 0 Å². The molecule has 0 unspecified atom stereocenters. The van der Waals surface area contributed by atoms with Crippen molar-refractivity contribution in [2.75, 3.05) is 10.6 Å². The molecule has 2 N–H and O–H groups in total. The Morgan fingerprint density at radius 1 is 1.11 bits per heavy atom. The van der Waals surface area contributed by atoms with E-state index in [1.165, 1.54) is 34.0 Å². The van der Waals surface area contributed by atoms with Crippen molar-refractivity contribution in [3.8, 4) is 5.69 Å². The average molecular weight is 399 g/mol. The van der Waals surface area contributed by atoms with Crippen molar-refractivity contribution < 1.29 is 9.18 Å². The molecule has 0 bridgehead atoms. The molecule has 0 saturated heterocycles. The third kappa shape index (κ3) is 3.61. The molecule has 1 aromatic heterocycles. The van der Waals surface area contributed by atoms with E-state index in [4.69, 9.17) is 11.6 Å². The van der Waals surface area contributed by atoms with Crippen LogP contribution in [0, 0.1) is 5.82 Å². The molecule has 2 amide bonds. The minimum absolute atomic E-state index is 0.116. The number of nitrogens with one attached hydrogen (secondary N) is 2. The van der Waals surface area contributed by atoms with Crippen LogP contribution in [0.3, 0.4) is 0 Å². The number of hydrogen-bond donors (Lipinski definition) is 2. The Morgan fingerprint density at radius 3 is 2.75 bits per heavy atom. The van der Waals surface area contributed by atoms with E-state index in [1.807, 2.05) is 18.2 Å². The van der Waals surface area contributed by atoms with E-state index in [0.717, 1.165) is 31.0 Å². The predicted octanol–water partition coefficient (Wildman–Crippen LogP) is 4.16. The minimum Gasteiger partial charge on any atom is -0.308 e. The third-order valence-electron chi connectivity index (χ3n) is 4.61. The fourth-order valence-corrected chi connectivity index (χ4v) is 3.43. The number of carbonyl (C=O) groups excluding carboxylic acids is 1. The Hall–Kier alpha value is -3.19. The molecule has 1 heterocycles. The van der Waals surface area contributed by atoms with Gasteiger partial charge in [0.05, 0.1) is 5.02 Å². The first-order valence-corrected chi connectivity index (χ1v) is 9.12. The van der Waals surface area contributed by atoms with E-state index in [1.54, 1.807) is 6.20 Å². The number of rotatable bonds is 3. The predicted molar refractivity (Wildman–Crippen MR) is 106 cm³/mol. The highest BCUT2D eigenvalue weighted by molar-refractivity contribution is 6.31. The van der Waals surface area contributed by atoms with Crippen molar-refractivity contribution in [3.05, 3.63) is 81.1 Å². The summed E-state index contributed by atoms with van der Waals surface area (Å²) in [5, 5.41) is 4.80. The second kappa shape index (κ2) is 7.44. The summed E-state index contributed by atoms with van der Waals surface area (Å²) in [5.41, 5.74) is 3.11. The second-order valence-corrected chi connectivity index (χ2v) is 6.87. The van der Waals surface area contributed by atoms with Crippen molar-refractivity contribution in [1.82, 2.24) is 9.55 Å². The summed E-state index contributed by atoms with van der Waals surface area (Å²) in [6, 6.07) is 9.00. The number of amides is 2. The summed E-state index contributed by atoms with van der Waals surface area (Å²) >= 11 is 5.70. The van der Waals surface area contributed by atoms with Crippen molar-refractivity contribution >= 4 is 29.1 Å². The van der Waals surface area contributed by atoms with Crippen LogP contribution < -0.4 is 16.2 Å². The molecule has 6 nitrogen and oxygen atoms in total. The molecule has 142 valence electrons. The summed E-state index contributed by atoms with van der Waals surface area (Å²) in [4.78, 5) is 28.9. The molecule has 0 spiro atoms. The zero-order valence-corrected chi connectivity index (χ0v) is 15.5. The van der Waals surface area contributed by atoms with Gasteiger partial charge in [-0.3, -0.25) is 14.7 Å². The van der Waals surface area contributed by atoms with Crippen LogP contribution in [0.5, 0.6) is 0 Å². The number of halogens is 2. The Morgan fingerprint density at radius 2 is 1.93 bits per heavy atom. The number of aromatic nitrogens is 2. The standard InChI is InChI=1S/C20H16ClFN4O2/c21-16-11-14(5-7-17(16)22)24-20(28)25-18-19(27)26(9-8-23-18)15-6-4-12-2-1-3-13(12)10-15/h4-11H,1-3H2,(H2,23,24,25,28). The van der Waals surface area contributed by atoms with E-state index in [0.29, 0.717) is 5.69 Å². The second-order valence-electron chi connectivity index (χ2n) is 6.47. The largest absolute Gasteiger partial charge is 0.325 e. The maximum atomic E-state index is 13.2. The van der Waals surface area contributed by atoms with E-state index in [-0.39, 0.29) is 10.8 Å². The minimum atomic E-state index is -0.682. The molecule has 0 fully saturated rings. The van der Waals surface area contributed by atoms with Crippen LogP contribution in [0.25, 0.3) is 5.69 Å². The zero-order chi connectivity index (χ0) is 19.7. The molecule has 0 aliphatic heterocycles. The topological polar surface area (TPSA) is 76.0 Å². The van der Waals surface area contributed by atoms with Gasteiger partial charge >= 0.3 is 6.03 Å². The molecule has 3 aromatic rings. The maximum absolute atomic E-state index is 13.2. The number of fused-ring (bicyclic) bond motifs is 1. The fourth-order valence-electron chi connectivity index (χ4n) is 3.25. The molecule has 0 saturated carbocycles. The van der Waals surface area contributed by atoms with Crippen LogP contribution in [-0.4, -0.2) is 15.6 Å². The van der Waals surface area contributed by atoms with Gasteiger partial charge in [-0.15, -0.1) is 0 Å². The van der Waals surface area contributed by atoms with E-state index in [9.17, 15) is 14.0 Å². The number of nitrogens with zero attached hydrogens (tertiary/aromatic N) is 2. The summed E-state index contributed by atoms with van der Waals surface area (Å²) in [6.45, 7) is 0. The smallest absolute Gasteiger partial charge is 0.308 e. The SMILES string of the molecule is O=C(Nc1ccc(F)c(Cl)c1)Nc1nccn(-c2ccc3c(c2)CCC3)c1=O. The molecule has 1 aliphatic carbocycles. The first-order chi connectivity index (χ1) is 13.5. The Bertz CT molecular complexity index is 1130. The Labute approximate surface area is 165 Å². The highest BCUT2D eigenvalue weighted by atomic mass is 35.5. The van der Waals surface area contributed by atoms with Gasteiger partial charge in [-0.25, -0.2) is 14.2 Å². The van der Waals surface area contributed by atoms with Gasteiger partial charge < -0.3 is 5.32 Å². The highest BCUT2D eigenvalue weighted by Gasteiger charge is 2.14. The number of aryl methyl sites for hydroxylation is 2. The molecule has 28 heavy (non-hydrogen) atoms. The number of hydrogen-bond acceptors (Lipinski definition) is 3. The average Bonchev–Trinajstić information content (AvgIpc) is 3.14. The normalized spacial score (nSPS) is 12.5. The number of anilines is 2. The lowest BCUT2D eigenvalue weighted by molar-refractivity contribution is 0.262. The van der Waals surface area contributed by atoms with E-state index < -0.39 is 17.4 Å². The molecule has 0 radical (unpaired) electrons. The number of benzene rings is 2. The first kappa shape index (κ1) is 18.2. The monoisotopic (exact) mass is 398 g/mol. The summed E-state index contributed by atoms with van der Waals surface area (Å²) < 4.78 is 14.7. The van der Waals surface area contributed by atoms with Gasteiger partial charge in [-0.1, -0.05) is 17.7 Å². The van der Waals surface area contributed by atoms with Crippen LogP contribution in [0.4, 0.5) is 20.7 Å². The van der Waals surface area contributed by atoms with Crippen LogP contribution >= 0.6 is 11.6 Å². The number of carbonyl (C=O) groups is 1. The van der Waals surface area contributed by atoms with Crippen LogP contribution in [0.2, 0.25) is 5.02 Å². The summed E-state index contributed by atoms with van der Waals surface area (Å²) in [7, 11) is 0. The van der Waals surface area contributed by atoms with Crippen molar-refractivity contribution in [2.45, 2.75) is 19.3 Å². The molecular formula is C20H16ClFN4O2. The Balaban J connectivity index is 1.56. The van der Waals surface area contributed by atoms with Crippen molar-refractivity contribution in [2.24, 2.45) is 0 Å². The van der Waals surface area contributed by atoms with Crippen LogP contribution in [0.1, 0.15) is 17.5 Å². The van der Waals surface area contributed by atoms with Crippen molar-refractivity contribution in [3.63, 3.8) is 0 Å². The lowest BCUT2D eigenvalue weighted by Crippen LogP contribution is -2.28. The molecule has 4 rings (SSSR count). The van der Waals surface area contributed by atoms with E-state index in [2.05, 4.69) is 15.6 Å². The van der Waals surface area contributed by atoms with Gasteiger partial charge in [0.25, 0.3) is 5.56 Å². The van der Waals surface area contributed by atoms with Crippen molar-refractivity contribution in [1.29, 1.82) is 0 Å². The van der Waals surface area contributed by atoms with Gasteiger partial charge in [0.1, 0.15) is 5.82 Å². The number of urea groups is 1. The lowest BCUT2D eigenvalue weighted by Gasteiger charge is -2.11. The zero-order valence-electron chi connectivity index (χ0n) is 14.7. The van der Waals surface area contributed by atoms with Crippen LogP contribution in [0.15, 0.2) is 53.6 Å². The molecule has 2 aromatic carbocycles. The summed E-state index contributed by atoms with van der Waals surface area (Å²) in [6.07, 6.45) is 6.17. The molecule has 1 aliphatic rings. The summed E-state index contributed by atoms with van der Waals surface area (Å²) in [5.74, 6) is -0.705. The lowest BCUT2D eigenvalue weighted by atomic mass is 10.1. The Kier molecular flexibility index (Phi) is 4.83. The van der Waals surface area contributed by atoms with Gasteiger partial charge in [0.2, 0.25) is 5.82 Å². The molecule has 0 atom stereocenters. The van der Waals surface area contributed by atoms with Gasteiger partial charge in [0.15, 0.2) is 0 Å². The van der Waals surface area contributed by atoms with E-state index >= 15 is 0 Å².